The van der Waals surface area contributed by atoms with E-state index in [0.29, 0.717) is 22.9 Å². The second-order valence-corrected chi connectivity index (χ2v) is 6.36. The first-order valence-corrected chi connectivity index (χ1v) is 8.74. The van der Waals surface area contributed by atoms with Crippen molar-refractivity contribution in [1.82, 2.24) is 9.78 Å². The fourth-order valence-corrected chi connectivity index (χ4v) is 2.69. The monoisotopic (exact) mass is 399 g/mol. The van der Waals surface area contributed by atoms with Gasteiger partial charge in [-0.2, -0.15) is 5.10 Å². The van der Waals surface area contributed by atoms with Crippen molar-refractivity contribution in [3.8, 4) is 5.75 Å². The molecule has 7 nitrogen and oxygen atoms in total. The highest BCUT2D eigenvalue weighted by Crippen LogP contribution is 2.19. The summed E-state index contributed by atoms with van der Waals surface area (Å²) in [6.07, 6.45) is 1.40. The van der Waals surface area contributed by atoms with Crippen molar-refractivity contribution in [2.75, 3.05) is 12.4 Å². The Bertz CT molecular complexity index is 999. The molecule has 28 heavy (non-hydrogen) atoms. The van der Waals surface area contributed by atoms with Crippen LogP contribution in [0.1, 0.15) is 26.4 Å². The van der Waals surface area contributed by atoms with E-state index in [0.717, 1.165) is 5.56 Å². The summed E-state index contributed by atoms with van der Waals surface area (Å²) < 4.78 is 11.8. The molecule has 1 N–H and O–H groups in total. The number of hydrogen-bond donors (Lipinski definition) is 1. The molecule has 0 spiro atoms. The third-order valence-corrected chi connectivity index (χ3v) is 4.23. The zero-order valence-electron chi connectivity index (χ0n) is 15.3. The van der Waals surface area contributed by atoms with Crippen LogP contribution in [0, 0.1) is 0 Å². The summed E-state index contributed by atoms with van der Waals surface area (Å²) in [5.41, 5.74) is 1.69. The summed E-state index contributed by atoms with van der Waals surface area (Å²) in [5, 5.41) is 7.31. The number of aromatic nitrogens is 2. The number of hydrogen-bond acceptors (Lipinski definition) is 5. The Morgan fingerprint density at radius 1 is 1.18 bits per heavy atom. The predicted octanol–water partition coefficient (Wildman–Crippen LogP) is 3.69. The molecule has 0 saturated carbocycles. The number of ether oxygens (including phenoxy) is 2. The molecular formula is C20H18ClN3O4. The van der Waals surface area contributed by atoms with Crippen LogP contribution in [0.25, 0.3) is 0 Å². The lowest BCUT2D eigenvalue weighted by Crippen LogP contribution is -2.16. The van der Waals surface area contributed by atoms with Gasteiger partial charge in [-0.05, 0) is 42.0 Å². The zero-order chi connectivity index (χ0) is 20.1. The molecule has 0 unspecified atom stereocenters. The van der Waals surface area contributed by atoms with Crippen molar-refractivity contribution in [3.05, 3.63) is 76.6 Å². The zero-order valence-corrected chi connectivity index (χ0v) is 16.1. The second kappa shape index (κ2) is 8.58. The minimum atomic E-state index is -0.583. The number of methoxy groups -OCH3 is 1. The van der Waals surface area contributed by atoms with E-state index in [1.165, 1.54) is 18.0 Å². The Hall–Kier alpha value is -3.32. The molecule has 0 aliphatic heterocycles. The molecule has 1 aromatic heterocycles. The van der Waals surface area contributed by atoms with E-state index < -0.39 is 5.97 Å². The van der Waals surface area contributed by atoms with Crippen LogP contribution in [0.5, 0.6) is 5.75 Å². The van der Waals surface area contributed by atoms with Crippen molar-refractivity contribution in [3.63, 3.8) is 0 Å². The number of amides is 1. The van der Waals surface area contributed by atoms with Gasteiger partial charge in [-0.15, -0.1) is 0 Å². The molecule has 1 heterocycles. The molecule has 0 bridgehead atoms. The molecule has 3 rings (SSSR count). The van der Waals surface area contributed by atoms with Gasteiger partial charge in [-0.1, -0.05) is 23.7 Å². The van der Waals surface area contributed by atoms with E-state index in [1.54, 1.807) is 49.5 Å². The number of carbonyl (C=O) groups is 2. The van der Waals surface area contributed by atoms with E-state index in [-0.39, 0.29) is 17.3 Å². The van der Waals surface area contributed by atoms with E-state index in [9.17, 15) is 9.59 Å². The molecule has 3 aromatic rings. The van der Waals surface area contributed by atoms with Gasteiger partial charge in [0.05, 0.1) is 19.0 Å². The minimum absolute atomic E-state index is 0.165. The number of rotatable bonds is 6. The van der Waals surface area contributed by atoms with E-state index in [2.05, 4.69) is 10.4 Å². The van der Waals surface area contributed by atoms with Crippen LogP contribution < -0.4 is 10.1 Å². The van der Waals surface area contributed by atoms with Gasteiger partial charge in [-0.3, -0.25) is 9.48 Å². The molecule has 1 amide bonds. The Labute approximate surface area is 166 Å². The lowest BCUT2D eigenvalue weighted by Gasteiger charge is -2.09. The largest absolute Gasteiger partial charge is 0.489 e. The maximum atomic E-state index is 12.6. The Balaban J connectivity index is 1.70. The number of halogens is 1. The van der Waals surface area contributed by atoms with Crippen LogP contribution in [-0.4, -0.2) is 28.8 Å². The summed E-state index contributed by atoms with van der Waals surface area (Å²) in [5.74, 6) is -0.274. The Morgan fingerprint density at radius 3 is 2.64 bits per heavy atom. The molecular weight excluding hydrogens is 382 g/mol. The summed E-state index contributed by atoms with van der Waals surface area (Å²) >= 11 is 5.86. The van der Waals surface area contributed by atoms with Gasteiger partial charge in [0.25, 0.3) is 5.91 Å². The fraction of sp³-hybridized carbons (Fsp3) is 0.150. The molecule has 8 heteroatoms. The standard InChI is InChI=1S/C20H18ClN3O4/c1-24-18(20(26)27-2)17(11-22-24)23-19(25)14-5-3-4-13(10-14)12-28-16-8-6-15(21)7-9-16/h3-11H,12H2,1-2H3,(H,23,25). The lowest BCUT2D eigenvalue weighted by atomic mass is 10.1. The molecule has 0 atom stereocenters. The van der Waals surface area contributed by atoms with Crippen LogP contribution in [0.4, 0.5) is 5.69 Å². The Kier molecular flexibility index (Phi) is 5.96. The third-order valence-electron chi connectivity index (χ3n) is 3.97. The summed E-state index contributed by atoms with van der Waals surface area (Å²) in [6.45, 7) is 0.295. The first kappa shape index (κ1) is 19.4. The van der Waals surface area contributed by atoms with Crippen LogP contribution in [0.3, 0.4) is 0 Å². The first-order valence-electron chi connectivity index (χ1n) is 8.37. The predicted molar refractivity (Wildman–Crippen MR) is 105 cm³/mol. The topological polar surface area (TPSA) is 82.4 Å². The molecule has 0 saturated heterocycles. The average molecular weight is 400 g/mol. The summed E-state index contributed by atoms with van der Waals surface area (Å²) in [7, 11) is 2.86. The maximum Gasteiger partial charge on any atom is 0.358 e. The van der Waals surface area contributed by atoms with Crippen molar-refractivity contribution < 1.29 is 19.1 Å². The average Bonchev–Trinajstić information content (AvgIpc) is 3.07. The van der Waals surface area contributed by atoms with Gasteiger partial charge in [0, 0.05) is 17.6 Å². The molecule has 0 aliphatic rings. The number of nitrogens with zero attached hydrogens (tertiary/aromatic N) is 2. The number of carbonyl (C=O) groups excluding carboxylic acids is 2. The minimum Gasteiger partial charge on any atom is -0.489 e. The molecule has 0 radical (unpaired) electrons. The number of anilines is 1. The van der Waals surface area contributed by atoms with Crippen LogP contribution in [0.15, 0.2) is 54.7 Å². The number of benzene rings is 2. The normalized spacial score (nSPS) is 10.4. The summed E-state index contributed by atoms with van der Waals surface area (Å²) in [6, 6.07) is 14.1. The van der Waals surface area contributed by atoms with Gasteiger partial charge in [0.15, 0.2) is 5.69 Å². The van der Waals surface area contributed by atoms with Crippen LogP contribution >= 0.6 is 11.6 Å². The van der Waals surface area contributed by atoms with E-state index >= 15 is 0 Å². The molecule has 0 aliphatic carbocycles. The quantitative estimate of drug-likeness (QED) is 0.639. The van der Waals surface area contributed by atoms with E-state index in [1.807, 2.05) is 6.07 Å². The third kappa shape index (κ3) is 4.50. The lowest BCUT2D eigenvalue weighted by molar-refractivity contribution is 0.0589. The SMILES string of the molecule is COC(=O)c1c(NC(=O)c2cccc(COc3ccc(Cl)cc3)c2)cnn1C. The van der Waals surface area contributed by atoms with Crippen molar-refractivity contribution in [2.24, 2.45) is 7.05 Å². The fourth-order valence-electron chi connectivity index (χ4n) is 2.56. The van der Waals surface area contributed by atoms with Crippen molar-refractivity contribution in [2.45, 2.75) is 6.61 Å². The van der Waals surface area contributed by atoms with Crippen molar-refractivity contribution >= 4 is 29.2 Å². The van der Waals surface area contributed by atoms with E-state index in [4.69, 9.17) is 21.1 Å². The maximum absolute atomic E-state index is 12.6. The highest BCUT2D eigenvalue weighted by Gasteiger charge is 2.19. The number of esters is 1. The van der Waals surface area contributed by atoms with Crippen molar-refractivity contribution in [1.29, 1.82) is 0 Å². The van der Waals surface area contributed by atoms with Crippen LogP contribution in [-0.2, 0) is 18.4 Å². The smallest absolute Gasteiger partial charge is 0.358 e. The number of aryl methyl sites for hydroxylation is 1. The van der Waals surface area contributed by atoms with Gasteiger partial charge < -0.3 is 14.8 Å². The number of nitrogens with one attached hydrogen (secondary N) is 1. The highest BCUT2D eigenvalue weighted by molar-refractivity contribution is 6.30. The first-order chi connectivity index (χ1) is 13.5. The van der Waals surface area contributed by atoms with Gasteiger partial charge in [0.1, 0.15) is 12.4 Å². The molecule has 0 fully saturated rings. The highest BCUT2D eigenvalue weighted by atomic mass is 35.5. The van der Waals surface area contributed by atoms with Gasteiger partial charge in [0.2, 0.25) is 0 Å². The van der Waals surface area contributed by atoms with Crippen LogP contribution in [0.2, 0.25) is 5.02 Å². The van der Waals surface area contributed by atoms with Gasteiger partial charge in [-0.25, -0.2) is 4.79 Å². The summed E-state index contributed by atoms with van der Waals surface area (Å²) in [4.78, 5) is 24.5. The molecule has 144 valence electrons. The molecule has 2 aromatic carbocycles. The second-order valence-electron chi connectivity index (χ2n) is 5.92. The van der Waals surface area contributed by atoms with Gasteiger partial charge >= 0.3 is 5.97 Å². The Morgan fingerprint density at radius 2 is 1.93 bits per heavy atom.